The predicted molar refractivity (Wildman–Crippen MR) is 102 cm³/mol. The summed E-state index contributed by atoms with van der Waals surface area (Å²) in [4.78, 5) is 0. The molecule has 1 aliphatic carbocycles. The summed E-state index contributed by atoms with van der Waals surface area (Å²) < 4.78 is 0.797. The van der Waals surface area contributed by atoms with Crippen LogP contribution in [0.25, 0.3) is 0 Å². The van der Waals surface area contributed by atoms with Crippen molar-refractivity contribution in [2.75, 3.05) is 0 Å². The zero-order valence-corrected chi connectivity index (χ0v) is 19.3. The van der Waals surface area contributed by atoms with E-state index < -0.39 is 17.9 Å². The summed E-state index contributed by atoms with van der Waals surface area (Å²) in [5.74, 6) is 0. The second-order valence-electron chi connectivity index (χ2n) is 8.19. The molecule has 4 unspecified atom stereocenters. The predicted octanol–water partition coefficient (Wildman–Crippen LogP) is 6.93. The Balaban J connectivity index is 3.09. The Bertz CT molecular complexity index is 310. The maximum atomic E-state index is 2.67. The third-order valence-corrected chi connectivity index (χ3v) is 14.9. The molecular formula is C18H39P2Ti. The average molecular weight is 365 g/mol. The molecule has 0 nitrogen and oxygen atoms in total. The van der Waals surface area contributed by atoms with Crippen molar-refractivity contribution in [1.82, 2.24) is 0 Å². The Morgan fingerprint density at radius 3 is 1.95 bits per heavy atom. The Labute approximate surface area is 144 Å². The van der Waals surface area contributed by atoms with Gasteiger partial charge in [-0.3, -0.25) is 0 Å². The monoisotopic (exact) mass is 365 g/mol. The van der Waals surface area contributed by atoms with Gasteiger partial charge in [0, 0.05) is 0 Å². The molecule has 0 amide bonds. The van der Waals surface area contributed by atoms with E-state index in [-0.39, 0.29) is 0 Å². The van der Waals surface area contributed by atoms with Gasteiger partial charge in [0.05, 0.1) is 0 Å². The number of hydrogen-bond donors (Lipinski definition) is 0. The van der Waals surface area contributed by atoms with E-state index in [9.17, 15) is 0 Å². The molecular weight excluding hydrogens is 326 g/mol. The molecule has 0 aliphatic heterocycles. The summed E-state index contributed by atoms with van der Waals surface area (Å²) in [5, 5.41) is 5.35. The quantitative estimate of drug-likeness (QED) is 0.339. The van der Waals surface area contributed by atoms with Gasteiger partial charge in [-0.15, -0.1) is 0 Å². The van der Waals surface area contributed by atoms with E-state index in [2.05, 4.69) is 52.0 Å². The van der Waals surface area contributed by atoms with Gasteiger partial charge in [-0.2, -0.15) is 0 Å². The number of hydrogen-bond acceptors (Lipinski definition) is 0. The molecule has 1 aliphatic rings. The third-order valence-electron chi connectivity index (χ3n) is 5.54. The molecule has 0 aromatic carbocycles. The summed E-state index contributed by atoms with van der Waals surface area (Å²) in [6.45, 7) is 14.8. The van der Waals surface area contributed by atoms with Crippen LogP contribution in [-0.2, 0) is 17.9 Å². The fraction of sp³-hybridized carbons (Fsp3) is 1.00. The summed E-state index contributed by atoms with van der Waals surface area (Å²) in [7, 11) is 2.42. The fourth-order valence-corrected chi connectivity index (χ4v) is 13.9. The van der Waals surface area contributed by atoms with Crippen LogP contribution in [0.15, 0.2) is 0 Å². The Hall–Kier alpha value is 1.57. The summed E-state index contributed by atoms with van der Waals surface area (Å²) in [5.41, 5.74) is 3.51. The Kier molecular flexibility index (Phi) is 8.45. The van der Waals surface area contributed by atoms with E-state index in [0.29, 0.717) is 5.41 Å². The zero-order chi connectivity index (χ0) is 16.3. The second-order valence-corrected chi connectivity index (χ2v) is 18.3. The van der Waals surface area contributed by atoms with Gasteiger partial charge in [0.15, 0.2) is 0 Å². The molecule has 1 saturated carbocycles. The van der Waals surface area contributed by atoms with Gasteiger partial charge in [-0.25, -0.2) is 0 Å². The minimum absolute atomic E-state index is 0.678. The van der Waals surface area contributed by atoms with E-state index in [1.165, 1.54) is 36.4 Å². The van der Waals surface area contributed by atoms with Gasteiger partial charge in [0.2, 0.25) is 0 Å². The first kappa shape index (κ1) is 20.6. The van der Waals surface area contributed by atoms with E-state index in [1.807, 2.05) is 0 Å². The van der Waals surface area contributed by atoms with Crippen LogP contribution in [0.4, 0.5) is 0 Å². The second kappa shape index (κ2) is 8.61. The number of rotatable bonds is 7. The Morgan fingerprint density at radius 1 is 1.00 bits per heavy atom. The Morgan fingerprint density at radius 2 is 1.57 bits per heavy atom. The molecule has 1 rings (SSSR count). The molecule has 0 N–H and O–H groups in total. The summed E-state index contributed by atoms with van der Waals surface area (Å²) in [6, 6.07) is 0. The maximum absolute atomic E-state index is 2.67. The molecule has 21 heavy (non-hydrogen) atoms. The van der Waals surface area contributed by atoms with E-state index in [0.717, 1.165) is 20.4 Å². The van der Waals surface area contributed by atoms with Crippen molar-refractivity contribution in [2.45, 2.75) is 105 Å². The van der Waals surface area contributed by atoms with Crippen molar-refractivity contribution in [1.29, 1.82) is 0 Å². The van der Waals surface area contributed by atoms with Crippen LogP contribution in [0.2, 0.25) is 10.5 Å². The first-order chi connectivity index (χ1) is 9.68. The van der Waals surface area contributed by atoms with Gasteiger partial charge < -0.3 is 0 Å². The average Bonchev–Trinajstić information content (AvgIpc) is 2.36. The van der Waals surface area contributed by atoms with Gasteiger partial charge >= 0.3 is 145 Å². The van der Waals surface area contributed by atoms with Gasteiger partial charge in [0.1, 0.15) is 0 Å². The van der Waals surface area contributed by atoms with Crippen LogP contribution < -0.4 is 0 Å². The molecule has 0 spiro atoms. The van der Waals surface area contributed by atoms with Crippen LogP contribution >= 0.6 is 17.2 Å². The van der Waals surface area contributed by atoms with Crippen molar-refractivity contribution in [3.63, 3.8) is 0 Å². The van der Waals surface area contributed by atoms with Crippen molar-refractivity contribution >= 4 is 17.2 Å². The molecule has 0 heterocycles. The van der Waals surface area contributed by atoms with E-state index in [1.54, 1.807) is 12.8 Å². The molecule has 3 heteroatoms. The molecule has 0 aromatic rings. The van der Waals surface area contributed by atoms with E-state index >= 15 is 0 Å². The zero-order valence-electron chi connectivity index (χ0n) is 15.8. The molecule has 0 radical (unpaired) electrons. The molecule has 0 saturated heterocycles. The molecule has 0 bridgehead atoms. The van der Waals surface area contributed by atoms with Crippen molar-refractivity contribution in [3.05, 3.63) is 0 Å². The minimum atomic E-state index is -0.914. The molecule has 125 valence electrons. The topological polar surface area (TPSA) is 0 Å². The summed E-state index contributed by atoms with van der Waals surface area (Å²) >= 11 is -0.914. The third kappa shape index (κ3) is 5.56. The van der Waals surface area contributed by atoms with Gasteiger partial charge in [-0.1, -0.05) is 0 Å². The van der Waals surface area contributed by atoms with Crippen LogP contribution in [0, 0.1) is 5.41 Å². The first-order valence-electron chi connectivity index (χ1n) is 9.03. The van der Waals surface area contributed by atoms with Crippen LogP contribution in [0.3, 0.4) is 0 Å². The van der Waals surface area contributed by atoms with Crippen molar-refractivity contribution in [3.8, 4) is 0 Å². The SMILES string of the molecule is CCC1(CC)CC(PC(C)C)C[C](PC(C)C)([Ti]([CH3])[CH3])C1. The molecule has 4 atom stereocenters. The van der Waals surface area contributed by atoms with Gasteiger partial charge in [-0.05, 0) is 0 Å². The van der Waals surface area contributed by atoms with Crippen LogP contribution in [0.1, 0.15) is 73.6 Å². The molecule has 1 fully saturated rings. The van der Waals surface area contributed by atoms with Crippen LogP contribution in [0.5, 0.6) is 0 Å². The van der Waals surface area contributed by atoms with Crippen LogP contribution in [-0.4, -0.2) is 20.4 Å². The first-order valence-corrected chi connectivity index (χ1v) is 15.2. The van der Waals surface area contributed by atoms with Crippen molar-refractivity contribution < 1.29 is 17.9 Å². The fourth-order valence-electron chi connectivity index (χ4n) is 4.37. The van der Waals surface area contributed by atoms with Gasteiger partial charge in [0.25, 0.3) is 0 Å². The van der Waals surface area contributed by atoms with E-state index in [4.69, 9.17) is 0 Å². The molecule has 0 aromatic heterocycles. The summed E-state index contributed by atoms with van der Waals surface area (Å²) in [6.07, 6.45) is 7.53. The standard InChI is InChI=1S/C16H33P2.2CH3.Ti/c1-7-16(8-2)10-14(17-12(3)4)9-15(11-16)18-13(5)6;;;/h12-14,17-18H,7-11H2,1-6H3;2*1H3;. The normalized spacial score (nSPS) is 30.3. The van der Waals surface area contributed by atoms with Crippen molar-refractivity contribution in [2.24, 2.45) is 5.41 Å².